The molecule has 0 radical (unpaired) electrons. The molecule has 0 spiro atoms. The molecule has 0 aromatic heterocycles. The van der Waals surface area contributed by atoms with Crippen molar-refractivity contribution < 1.29 is 18.9 Å². The van der Waals surface area contributed by atoms with Crippen LogP contribution in [0.3, 0.4) is 0 Å². The van der Waals surface area contributed by atoms with Crippen molar-refractivity contribution in [2.24, 2.45) is 5.92 Å². The molecule has 118 valence electrons. The number of hydrogen-bond donors (Lipinski definition) is 0. The maximum Gasteiger partial charge on any atom is 0.157 e. The van der Waals surface area contributed by atoms with E-state index in [1.807, 2.05) is 0 Å². The van der Waals surface area contributed by atoms with Crippen molar-refractivity contribution >= 4 is 0 Å². The third kappa shape index (κ3) is 6.53. The topological polar surface area (TPSA) is 36.9 Å². The number of hydrogen-bond acceptors (Lipinski definition) is 4. The Morgan fingerprint density at radius 1 is 0.950 bits per heavy atom. The molecule has 1 saturated heterocycles. The van der Waals surface area contributed by atoms with E-state index in [0.29, 0.717) is 6.10 Å². The van der Waals surface area contributed by atoms with E-state index >= 15 is 0 Å². The van der Waals surface area contributed by atoms with Gasteiger partial charge in [-0.3, -0.25) is 0 Å². The Hall–Kier alpha value is -0.160. The van der Waals surface area contributed by atoms with Gasteiger partial charge in [-0.2, -0.15) is 0 Å². The molecule has 1 saturated carbocycles. The highest BCUT2D eigenvalue weighted by atomic mass is 16.7. The third-order valence-electron chi connectivity index (χ3n) is 3.99. The lowest BCUT2D eigenvalue weighted by Crippen LogP contribution is -2.29. The molecule has 0 N–H and O–H groups in total. The number of ether oxygens (including phenoxy) is 4. The van der Waals surface area contributed by atoms with Gasteiger partial charge in [0.25, 0.3) is 0 Å². The van der Waals surface area contributed by atoms with Crippen molar-refractivity contribution in [1.29, 1.82) is 0 Å². The summed E-state index contributed by atoms with van der Waals surface area (Å²) in [6, 6.07) is 0. The summed E-state index contributed by atoms with van der Waals surface area (Å²) in [7, 11) is 0. The molecule has 0 bridgehead atoms. The molecule has 0 aromatic carbocycles. The van der Waals surface area contributed by atoms with Crippen molar-refractivity contribution in [2.75, 3.05) is 33.0 Å². The first-order valence-corrected chi connectivity index (χ1v) is 8.27. The maximum atomic E-state index is 5.73. The third-order valence-corrected chi connectivity index (χ3v) is 3.99. The van der Waals surface area contributed by atoms with Crippen molar-refractivity contribution in [3.8, 4) is 0 Å². The molecule has 1 heterocycles. The summed E-state index contributed by atoms with van der Waals surface area (Å²) in [5, 5.41) is 0. The summed E-state index contributed by atoms with van der Waals surface area (Å²) in [5.41, 5.74) is 0. The van der Waals surface area contributed by atoms with Gasteiger partial charge in [0, 0.05) is 26.4 Å². The Kier molecular flexibility index (Phi) is 7.88. The summed E-state index contributed by atoms with van der Waals surface area (Å²) in [5.74, 6) is 0.865. The summed E-state index contributed by atoms with van der Waals surface area (Å²) < 4.78 is 22.5. The first-order chi connectivity index (χ1) is 9.84. The van der Waals surface area contributed by atoms with Crippen molar-refractivity contribution in [1.82, 2.24) is 0 Å². The van der Waals surface area contributed by atoms with Crippen LogP contribution < -0.4 is 0 Å². The van der Waals surface area contributed by atoms with Crippen LogP contribution in [0.5, 0.6) is 0 Å². The predicted octanol–water partition coefficient (Wildman–Crippen LogP) is 3.14. The molecule has 2 fully saturated rings. The lowest BCUT2D eigenvalue weighted by Gasteiger charge is -2.32. The Labute approximate surface area is 123 Å². The monoisotopic (exact) mass is 286 g/mol. The van der Waals surface area contributed by atoms with Gasteiger partial charge in [0.2, 0.25) is 0 Å². The SMILES string of the molecule is CC1CC(OCCCOCCCOC2CCCCO2)C1. The van der Waals surface area contributed by atoms with Crippen LogP contribution in [-0.2, 0) is 18.9 Å². The first-order valence-electron chi connectivity index (χ1n) is 8.27. The van der Waals surface area contributed by atoms with Crippen LogP contribution in [0.2, 0.25) is 0 Å². The van der Waals surface area contributed by atoms with Gasteiger partial charge in [-0.15, -0.1) is 0 Å². The van der Waals surface area contributed by atoms with Gasteiger partial charge in [0.15, 0.2) is 6.29 Å². The fraction of sp³-hybridized carbons (Fsp3) is 1.00. The fourth-order valence-corrected chi connectivity index (χ4v) is 2.70. The summed E-state index contributed by atoms with van der Waals surface area (Å²) in [6.07, 6.45) is 8.40. The minimum atomic E-state index is 0.0296. The average molecular weight is 286 g/mol. The molecule has 2 aliphatic rings. The highest BCUT2D eigenvalue weighted by Gasteiger charge is 2.25. The molecule has 4 heteroatoms. The highest BCUT2D eigenvalue weighted by molar-refractivity contribution is 4.76. The second-order valence-electron chi connectivity index (χ2n) is 6.06. The lowest BCUT2D eigenvalue weighted by atomic mass is 9.84. The Morgan fingerprint density at radius 3 is 2.35 bits per heavy atom. The van der Waals surface area contributed by atoms with E-state index in [2.05, 4.69) is 6.92 Å². The van der Waals surface area contributed by atoms with E-state index in [0.717, 1.165) is 58.2 Å². The van der Waals surface area contributed by atoms with Crippen LogP contribution in [-0.4, -0.2) is 45.4 Å². The van der Waals surface area contributed by atoms with E-state index in [4.69, 9.17) is 18.9 Å². The summed E-state index contributed by atoms with van der Waals surface area (Å²) in [4.78, 5) is 0. The van der Waals surface area contributed by atoms with Crippen LogP contribution in [0.25, 0.3) is 0 Å². The smallest absolute Gasteiger partial charge is 0.157 e. The minimum absolute atomic E-state index is 0.0296. The van der Waals surface area contributed by atoms with Crippen molar-refractivity contribution in [3.05, 3.63) is 0 Å². The van der Waals surface area contributed by atoms with Crippen LogP contribution in [0, 0.1) is 5.92 Å². The van der Waals surface area contributed by atoms with E-state index in [9.17, 15) is 0 Å². The second kappa shape index (κ2) is 9.72. The molecule has 1 aliphatic heterocycles. The van der Waals surface area contributed by atoms with E-state index in [-0.39, 0.29) is 6.29 Å². The van der Waals surface area contributed by atoms with Gasteiger partial charge < -0.3 is 18.9 Å². The molecule has 0 amide bonds. The van der Waals surface area contributed by atoms with Gasteiger partial charge >= 0.3 is 0 Å². The highest BCUT2D eigenvalue weighted by Crippen LogP contribution is 2.29. The standard InChI is InChI=1S/C16H30O4/c1-14-12-15(13-14)18-10-4-7-17-8-5-11-20-16-6-2-3-9-19-16/h14-16H,2-13H2,1H3. The van der Waals surface area contributed by atoms with Gasteiger partial charge in [-0.25, -0.2) is 0 Å². The molecule has 1 aliphatic carbocycles. The largest absolute Gasteiger partial charge is 0.381 e. The fourth-order valence-electron chi connectivity index (χ4n) is 2.70. The Balaban J connectivity index is 1.28. The minimum Gasteiger partial charge on any atom is -0.381 e. The van der Waals surface area contributed by atoms with Crippen LogP contribution in [0.1, 0.15) is 51.9 Å². The van der Waals surface area contributed by atoms with Gasteiger partial charge in [0.05, 0.1) is 12.7 Å². The maximum absolute atomic E-state index is 5.73. The Bertz CT molecular complexity index is 235. The first kappa shape index (κ1) is 16.2. The molecular weight excluding hydrogens is 256 g/mol. The van der Waals surface area contributed by atoms with Crippen molar-refractivity contribution in [3.63, 3.8) is 0 Å². The van der Waals surface area contributed by atoms with Crippen LogP contribution in [0.4, 0.5) is 0 Å². The normalized spacial score (nSPS) is 30.1. The van der Waals surface area contributed by atoms with Gasteiger partial charge in [-0.05, 0) is 50.9 Å². The molecule has 4 nitrogen and oxygen atoms in total. The quantitative estimate of drug-likeness (QED) is 0.578. The molecule has 1 atom stereocenters. The zero-order valence-electron chi connectivity index (χ0n) is 12.9. The van der Waals surface area contributed by atoms with Crippen molar-refractivity contribution in [2.45, 2.75) is 64.3 Å². The Morgan fingerprint density at radius 2 is 1.70 bits per heavy atom. The van der Waals surface area contributed by atoms with E-state index in [1.54, 1.807) is 0 Å². The zero-order chi connectivity index (χ0) is 14.0. The molecule has 1 unspecified atom stereocenters. The van der Waals surface area contributed by atoms with Gasteiger partial charge in [-0.1, -0.05) is 6.92 Å². The van der Waals surface area contributed by atoms with E-state index < -0.39 is 0 Å². The zero-order valence-corrected chi connectivity index (χ0v) is 12.9. The average Bonchev–Trinajstić information content (AvgIpc) is 2.44. The lowest BCUT2D eigenvalue weighted by molar-refractivity contribution is -0.164. The molecule has 20 heavy (non-hydrogen) atoms. The molecule has 0 aromatic rings. The van der Waals surface area contributed by atoms with Gasteiger partial charge in [0.1, 0.15) is 0 Å². The molecular formula is C16H30O4. The summed E-state index contributed by atoms with van der Waals surface area (Å²) >= 11 is 0. The molecule has 2 rings (SSSR count). The van der Waals surface area contributed by atoms with Crippen LogP contribution >= 0.6 is 0 Å². The van der Waals surface area contributed by atoms with Crippen LogP contribution in [0.15, 0.2) is 0 Å². The number of rotatable bonds is 10. The summed E-state index contributed by atoms with van der Waals surface area (Å²) in [6.45, 7) is 6.27. The van der Waals surface area contributed by atoms with E-state index in [1.165, 1.54) is 25.7 Å². The predicted molar refractivity (Wildman–Crippen MR) is 77.7 cm³/mol. The second-order valence-corrected chi connectivity index (χ2v) is 6.06.